The molecule has 2 N–H and O–H groups in total. The van der Waals surface area contributed by atoms with Gasteiger partial charge in [0.2, 0.25) is 5.91 Å². The number of carbonyl (C=O) groups is 1. The minimum absolute atomic E-state index is 0.303. The second-order valence-electron chi connectivity index (χ2n) is 10.1. The van der Waals surface area contributed by atoms with E-state index >= 15 is 0 Å². The average Bonchev–Trinajstić information content (AvgIpc) is 3.01. The molecule has 0 fully saturated rings. The van der Waals surface area contributed by atoms with Gasteiger partial charge in [0.15, 0.2) is 0 Å². The van der Waals surface area contributed by atoms with E-state index in [9.17, 15) is 4.79 Å². The van der Waals surface area contributed by atoms with Crippen LogP contribution < -0.4 is 25.0 Å². The first kappa shape index (κ1) is 31.9. The molecule has 4 rings (SSSR count). The molecule has 2 aromatic carbocycles. The van der Waals surface area contributed by atoms with Crippen LogP contribution in [0.3, 0.4) is 0 Å². The predicted octanol–water partition coefficient (Wildman–Crippen LogP) is 7.19. The van der Waals surface area contributed by atoms with E-state index in [1.165, 1.54) is 20.3 Å². The zero-order chi connectivity index (χ0) is 31.3. The number of aromatic nitrogens is 2. The van der Waals surface area contributed by atoms with Gasteiger partial charge in [-0.05, 0) is 56.4 Å². The van der Waals surface area contributed by atoms with E-state index in [1.807, 2.05) is 32.2 Å². The number of benzene rings is 2. The molecule has 2 heterocycles. The molecule has 0 aliphatic heterocycles. The lowest BCUT2D eigenvalue weighted by Crippen LogP contribution is -2.30. The second kappa shape index (κ2) is 13.9. The number of rotatable bonds is 12. The first-order valence-corrected chi connectivity index (χ1v) is 14.5. The van der Waals surface area contributed by atoms with E-state index in [0.717, 1.165) is 47.3 Å². The Balaban J connectivity index is 1.68. The van der Waals surface area contributed by atoms with Crippen molar-refractivity contribution in [3.8, 4) is 22.8 Å². The molecule has 0 aliphatic carbocycles. The maximum absolute atomic E-state index is 12.3. The maximum atomic E-state index is 12.3. The van der Waals surface area contributed by atoms with Gasteiger partial charge in [0.05, 0.1) is 41.3 Å². The number of halogens is 2. The summed E-state index contributed by atoms with van der Waals surface area (Å²) in [4.78, 5) is 26.0. The zero-order valence-corrected chi connectivity index (χ0v) is 26.7. The molecule has 0 radical (unpaired) electrons. The Bertz CT molecular complexity index is 1630. The molecule has 0 aliphatic rings. The van der Waals surface area contributed by atoms with Gasteiger partial charge in [0.25, 0.3) is 0 Å². The molecule has 0 unspecified atom stereocenters. The molecule has 2 aromatic heterocycles. The molecule has 11 heteroatoms. The molecule has 0 saturated carbocycles. The van der Waals surface area contributed by atoms with Gasteiger partial charge in [0.1, 0.15) is 17.3 Å². The van der Waals surface area contributed by atoms with E-state index in [0.29, 0.717) is 44.3 Å². The van der Waals surface area contributed by atoms with Crippen LogP contribution in [0.15, 0.2) is 55.4 Å². The highest BCUT2D eigenvalue weighted by Crippen LogP contribution is 2.45. The Labute approximate surface area is 262 Å². The van der Waals surface area contributed by atoms with Crippen LogP contribution in [0, 0.1) is 6.92 Å². The number of anilines is 4. The van der Waals surface area contributed by atoms with Crippen molar-refractivity contribution in [2.45, 2.75) is 13.8 Å². The summed E-state index contributed by atoms with van der Waals surface area (Å²) in [6.07, 6.45) is 4.72. The van der Waals surface area contributed by atoms with E-state index < -0.39 is 0 Å². The predicted molar refractivity (Wildman–Crippen MR) is 178 cm³/mol. The Hall–Kier alpha value is -4.05. The normalized spacial score (nSPS) is 11.0. The number of likely N-dealkylation sites (N-methyl/N-ethyl adjacent to an activating group) is 2. The molecular formula is C32H36Cl2N6O3. The summed E-state index contributed by atoms with van der Waals surface area (Å²) in [5.74, 6) is 1.14. The van der Waals surface area contributed by atoms with Gasteiger partial charge in [-0.3, -0.25) is 9.78 Å². The topological polar surface area (TPSA) is 91.9 Å². The number of amides is 1. The van der Waals surface area contributed by atoms with Gasteiger partial charge in [-0.25, -0.2) is 4.98 Å². The largest absolute Gasteiger partial charge is 0.495 e. The molecule has 226 valence electrons. The number of aryl methyl sites for hydroxylation is 1. The summed E-state index contributed by atoms with van der Waals surface area (Å²) in [5.41, 5.74) is 4.35. The fourth-order valence-corrected chi connectivity index (χ4v) is 5.22. The van der Waals surface area contributed by atoms with Gasteiger partial charge in [-0.1, -0.05) is 36.7 Å². The van der Waals surface area contributed by atoms with Gasteiger partial charge in [-0.2, -0.15) is 0 Å². The fourth-order valence-electron chi connectivity index (χ4n) is 4.53. The number of hydrogen-bond acceptors (Lipinski definition) is 8. The van der Waals surface area contributed by atoms with E-state index in [4.69, 9.17) is 32.7 Å². The lowest BCUT2D eigenvalue weighted by atomic mass is 10.1. The monoisotopic (exact) mass is 622 g/mol. The summed E-state index contributed by atoms with van der Waals surface area (Å²) in [5, 5.41) is 8.68. The van der Waals surface area contributed by atoms with Gasteiger partial charge >= 0.3 is 0 Å². The van der Waals surface area contributed by atoms with E-state index in [1.54, 1.807) is 18.5 Å². The second-order valence-corrected chi connectivity index (χ2v) is 10.8. The summed E-state index contributed by atoms with van der Waals surface area (Å²) >= 11 is 13.2. The van der Waals surface area contributed by atoms with Crippen LogP contribution in [-0.2, 0) is 4.79 Å². The third-order valence-electron chi connectivity index (χ3n) is 7.25. The molecule has 0 bridgehead atoms. The third kappa shape index (κ3) is 7.13. The van der Waals surface area contributed by atoms with Crippen molar-refractivity contribution in [2.75, 3.05) is 63.5 Å². The molecule has 9 nitrogen and oxygen atoms in total. The Morgan fingerprint density at radius 1 is 0.977 bits per heavy atom. The number of fused-ring (bicyclic) bond motifs is 1. The highest BCUT2D eigenvalue weighted by Gasteiger charge is 2.20. The lowest BCUT2D eigenvalue weighted by Gasteiger charge is -2.25. The number of nitrogens with zero attached hydrogens (tertiary/aromatic N) is 4. The SMILES string of the molecule is C=CC(=O)Nc1cc(N(C)CCN(C)CC)cc(C)c1Nc1cc2cnc(-c3c(Cl)c(OC)cc(OC)c3Cl)cc2cn1. The summed E-state index contributed by atoms with van der Waals surface area (Å²) in [6.45, 7) is 10.5. The van der Waals surface area contributed by atoms with Crippen LogP contribution in [0.25, 0.3) is 22.0 Å². The van der Waals surface area contributed by atoms with Crippen molar-refractivity contribution in [2.24, 2.45) is 0 Å². The van der Waals surface area contributed by atoms with Crippen molar-refractivity contribution >= 4 is 62.8 Å². The smallest absolute Gasteiger partial charge is 0.247 e. The molecule has 0 saturated heterocycles. The fraction of sp³-hybridized carbons (Fsp3) is 0.281. The molecule has 1 amide bonds. The van der Waals surface area contributed by atoms with Gasteiger partial charge < -0.3 is 29.9 Å². The van der Waals surface area contributed by atoms with E-state index in [2.05, 4.69) is 57.0 Å². The first-order valence-electron chi connectivity index (χ1n) is 13.7. The molecule has 4 aromatic rings. The lowest BCUT2D eigenvalue weighted by molar-refractivity contribution is -0.111. The number of ether oxygens (including phenoxy) is 2. The maximum Gasteiger partial charge on any atom is 0.247 e. The minimum atomic E-state index is -0.303. The number of pyridine rings is 2. The van der Waals surface area contributed by atoms with Crippen LogP contribution in [0.1, 0.15) is 12.5 Å². The number of carbonyl (C=O) groups excluding carboxylic acids is 1. The zero-order valence-electron chi connectivity index (χ0n) is 25.2. The Morgan fingerprint density at radius 2 is 1.63 bits per heavy atom. The number of nitrogens with one attached hydrogen (secondary N) is 2. The average molecular weight is 624 g/mol. The quantitative estimate of drug-likeness (QED) is 0.160. The molecular weight excluding hydrogens is 587 g/mol. The standard InChI is InChI=1S/C32H36Cl2N6O3/c1-8-28(41)37-24-15-22(40(5)11-10-39(4)9-2)12-19(3)32(24)38-27-14-21-17-35-23(13-20(21)18-36-27)29-30(33)25(42-6)16-26(43-7)31(29)34/h8,12-18H,1,9-11H2,2-7H3,(H,36,38)(H,37,41). The number of methoxy groups -OCH3 is 2. The van der Waals surface area contributed by atoms with Crippen molar-refractivity contribution in [1.82, 2.24) is 14.9 Å². The van der Waals surface area contributed by atoms with E-state index in [-0.39, 0.29) is 5.91 Å². The van der Waals surface area contributed by atoms with Crippen molar-refractivity contribution in [1.29, 1.82) is 0 Å². The van der Waals surface area contributed by atoms with Gasteiger partial charge in [0, 0.05) is 60.6 Å². The van der Waals surface area contributed by atoms with Crippen molar-refractivity contribution in [3.05, 3.63) is 71.0 Å². The Morgan fingerprint density at radius 3 is 2.26 bits per heavy atom. The molecule has 43 heavy (non-hydrogen) atoms. The van der Waals surface area contributed by atoms with Crippen LogP contribution in [0.5, 0.6) is 11.5 Å². The van der Waals surface area contributed by atoms with Crippen molar-refractivity contribution < 1.29 is 14.3 Å². The van der Waals surface area contributed by atoms with Crippen molar-refractivity contribution in [3.63, 3.8) is 0 Å². The van der Waals surface area contributed by atoms with Crippen LogP contribution >= 0.6 is 23.2 Å². The summed E-state index contributed by atoms with van der Waals surface area (Å²) in [7, 11) is 7.19. The molecule has 0 spiro atoms. The minimum Gasteiger partial charge on any atom is -0.495 e. The van der Waals surface area contributed by atoms with Gasteiger partial charge in [-0.15, -0.1) is 0 Å². The van der Waals surface area contributed by atoms with Crippen LogP contribution in [0.2, 0.25) is 10.0 Å². The van der Waals surface area contributed by atoms with Crippen LogP contribution in [-0.4, -0.2) is 68.7 Å². The number of hydrogen-bond donors (Lipinski definition) is 2. The Kier molecular flexibility index (Phi) is 10.3. The summed E-state index contributed by atoms with van der Waals surface area (Å²) < 4.78 is 10.8. The first-order chi connectivity index (χ1) is 20.6. The highest BCUT2D eigenvalue weighted by molar-refractivity contribution is 6.41. The van der Waals surface area contributed by atoms with Crippen LogP contribution in [0.4, 0.5) is 22.9 Å². The highest BCUT2D eigenvalue weighted by atomic mass is 35.5. The third-order valence-corrected chi connectivity index (χ3v) is 8.00. The summed E-state index contributed by atoms with van der Waals surface area (Å²) in [6, 6.07) is 9.43. The molecule has 0 atom stereocenters.